The summed E-state index contributed by atoms with van der Waals surface area (Å²) in [5.41, 5.74) is 2.58. The molecule has 0 radical (unpaired) electrons. The maximum atomic E-state index is 6.91. The minimum Gasteiger partial charge on any atom is -0.134 e. The van der Waals surface area contributed by atoms with E-state index in [0.29, 0.717) is 0 Å². The first-order chi connectivity index (χ1) is 9.68. The monoisotopic (exact) mass is 314 g/mol. The third kappa shape index (κ3) is 1.67. The molecule has 1 heterocycles. The lowest BCUT2D eigenvalue weighted by Crippen LogP contribution is -2.49. The van der Waals surface area contributed by atoms with Crippen molar-refractivity contribution in [3.05, 3.63) is 71.8 Å². The molecule has 0 bridgehead atoms. The molecule has 0 aliphatic carbocycles. The van der Waals surface area contributed by atoms with Crippen LogP contribution in [0.3, 0.4) is 0 Å². The molecule has 0 atom stereocenters. The van der Waals surface area contributed by atoms with Crippen LogP contribution in [0.2, 0.25) is 0 Å². The largest absolute Gasteiger partial charge is 0.311 e. The van der Waals surface area contributed by atoms with Crippen molar-refractivity contribution in [2.75, 3.05) is 0 Å². The third-order valence-electron chi connectivity index (χ3n) is 4.07. The van der Waals surface area contributed by atoms with Crippen molar-refractivity contribution in [1.29, 1.82) is 0 Å². The summed E-state index contributed by atoms with van der Waals surface area (Å²) in [6.45, 7) is -2.67. The van der Waals surface area contributed by atoms with Crippen LogP contribution in [0.15, 0.2) is 60.7 Å². The smallest absolute Gasteiger partial charge is 0.134 e. The van der Waals surface area contributed by atoms with Gasteiger partial charge in [-0.2, -0.15) is 0 Å². The zero-order chi connectivity index (χ0) is 13.7. The van der Waals surface area contributed by atoms with Crippen LogP contribution in [0.1, 0.15) is 11.1 Å². The van der Waals surface area contributed by atoms with Crippen molar-refractivity contribution >= 4 is 50.0 Å². The highest BCUT2D eigenvalue weighted by Gasteiger charge is 2.39. The Morgan fingerprint density at radius 2 is 1.35 bits per heavy atom. The van der Waals surface area contributed by atoms with E-state index in [-0.39, 0.29) is 0 Å². The molecule has 1 aliphatic heterocycles. The first-order valence-electron chi connectivity index (χ1n) is 6.65. The summed E-state index contributed by atoms with van der Waals surface area (Å²) in [6, 6.07) is 21.1. The first kappa shape index (κ1) is 12.5. The Bertz CT molecular complexity index is 819. The molecule has 0 saturated heterocycles. The second-order valence-electron chi connectivity index (χ2n) is 5.23. The summed E-state index contributed by atoms with van der Waals surface area (Å²) in [6.07, 6.45) is 0.902. The average molecular weight is 315 g/mol. The molecule has 3 aromatic carbocycles. The van der Waals surface area contributed by atoms with Crippen LogP contribution in [0, 0.1) is 0 Å². The summed E-state index contributed by atoms with van der Waals surface area (Å²) in [7, 11) is 0. The van der Waals surface area contributed by atoms with Crippen molar-refractivity contribution < 1.29 is 0 Å². The molecule has 0 unspecified atom stereocenters. The van der Waals surface area contributed by atoms with Crippen molar-refractivity contribution in [3.8, 4) is 0 Å². The number of hydrogen-bond donors (Lipinski definition) is 0. The Kier molecular flexibility index (Phi) is 2.71. The molecule has 0 fully saturated rings. The van der Waals surface area contributed by atoms with E-state index >= 15 is 0 Å². The van der Waals surface area contributed by atoms with Gasteiger partial charge >= 0.3 is 6.69 Å². The second-order valence-corrected chi connectivity index (χ2v) is 11.4. The zero-order valence-electron chi connectivity index (χ0n) is 10.7. The number of benzene rings is 3. The van der Waals surface area contributed by atoms with E-state index < -0.39 is 6.69 Å². The topological polar surface area (TPSA) is 0 Å². The summed E-state index contributed by atoms with van der Waals surface area (Å²) in [5, 5.41) is 4.74. The van der Waals surface area contributed by atoms with E-state index in [0.717, 1.165) is 16.8 Å². The van der Waals surface area contributed by atoms with Gasteiger partial charge in [-0.1, -0.05) is 60.7 Å². The van der Waals surface area contributed by atoms with Gasteiger partial charge in [0.2, 0.25) is 0 Å². The molecule has 0 amide bonds. The Balaban J connectivity index is 2.18. The van der Waals surface area contributed by atoms with Gasteiger partial charge in [0.05, 0.1) is 0 Å². The third-order valence-corrected chi connectivity index (χ3v) is 8.77. The molecule has 0 spiro atoms. The van der Waals surface area contributed by atoms with Gasteiger partial charge in [0.15, 0.2) is 0 Å². The predicted octanol–water partition coefficient (Wildman–Crippen LogP) is 3.78. The lowest BCUT2D eigenvalue weighted by Gasteiger charge is -2.19. The van der Waals surface area contributed by atoms with Crippen molar-refractivity contribution in [2.24, 2.45) is 0 Å². The minimum atomic E-state index is -2.67. The van der Waals surface area contributed by atoms with Gasteiger partial charge in [-0.25, -0.2) is 0 Å². The van der Waals surface area contributed by atoms with Gasteiger partial charge in [0.25, 0.3) is 0 Å². The molecule has 3 aromatic rings. The second kappa shape index (κ2) is 4.36. The molecule has 0 saturated carbocycles. The Labute approximate surface area is 128 Å². The van der Waals surface area contributed by atoms with E-state index in [1.807, 2.05) is 6.07 Å². The van der Waals surface area contributed by atoms with E-state index in [1.54, 1.807) is 0 Å². The molecular weight excluding hydrogens is 303 g/mol. The van der Waals surface area contributed by atoms with E-state index in [2.05, 4.69) is 54.6 Å². The number of halogens is 2. The zero-order valence-corrected chi connectivity index (χ0v) is 13.2. The highest BCUT2D eigenvalue weighted by Crippen LogP contribution is 2.29. The van der Waals surface area contributed by atoms with E-state index in [4.69, 9.17) is 22.2 Å². The fourth-order valence-electron chi connectivity index (χ4n) is 3.16. The van der Waals surface area contributed by atoms with Crippen LogP contribution in [-0.2, 0) is 6.42 Å². The molecular formula is C17H12Cl2Si. The van der Waals surface area contributed by atoms with E-state index in [9.17, 15) is 0 Å². The lowest BCUT2D eigenvalue weighted by molar-refractivity contribution is 1.23. The predicted molar refractivity (Wildman–Crippen MR) is 89.9 cm³/mol. The van der Waals surface area contributed by atoms with Gasteiger partial charge in [0, 0.05) is 0 Å². The summed E-state index contributed by atoms with van der Waals surface area (Å²) in [4.78, 5) is 0. The molecule has 0 nitrogen and oxygen atoms in total. The molecule has 0 N–H and O–H groups in total. The molecule has 0 aromatic heterocycles. The van der Waals surface area contributed by atoms with Gasteiger partial charge in [-0.15, -0.1) is 22.2 Å². The summed E-state index contributed by atoms with van der Waals surface area (Å²) >= 11 is 13.8. The summed E-state index contributed by atoms with van der Waals surface area (Å²) < 4.78 is 0. The summed E-state index contributed by atoms with van der Waals surface area (Å²) in [5.74, 6) is 0. The quantitative estimate of drug-likeness (QED) is 0.437. The fourth-order valence-corrected chi connectivity index (χ4v) is 7.30. The normalized spacial score (nSPS) is 15.7. The molecule has 1 aliphatic rings. The van der Waals surface area contributed by atoms with Gasteiger partial charge < -0.3 is 0 Å². The van der Waals surface area contributed by atoms with Crippen molar-refractivity contribution in [3.63, 3.8) is 0 Å². The van der Waals surface area contributed by atoms with Gasteiger partial charge in [0.1, 0.15) is 0 Å². The van der Waals surface area contributed by atoms with Crippen molar-refractivity contribution in [2.45, 2.75) is 6.42 Å². The lowest BCUT2D eigenvalue weighted by atomic mass is 9.99. The van der Waals surface area contributed by atoms with Crippen LogP contribution in [0.25, 0.3) is 10.8 Å². The minimum absolute atomic E-state index is 0.902. The standard InChI is InChI=1S/C17H12Cl2Si/c18-20(19)15-9-2-1-5-13(15)11-14-8-3-6-12-7-4-10-16(20)17(12)14/h1-10H,11H2. The SMILES string of the molecule is Cl[Si]1(Cl)c2ccccc2Cc2cccc3cccc1c23. The Morgan fingerprint density at radius 1 is 0.700 bits per heavy atom. The Hall–Kier alpha value is -1.28. The van der Waals surface area contributed by atoms with Crippen LogP contribution < -0.4 is 10.4 Å². The average Bonchev–Trinajstić information content (AvgIpc) is 2.56. The highest BCUT2D eigenvalue weighted by atomic mass is 35.7. The number of hydrogen-bond acceptors (Lipinski definition) is 0. The van der Waals surface area contributed by atoms with Gasteiger partial charge in [-0.05, 0) is 38.7 Å². The van der Waals surface area contributed by atoms with Crippen LogP contribution in [0.5, 0.6) is 0 Å². The number of rotatable bonds is 0. The Morgan fingerprint density at radius 3 is 2.20 bits per heavy atom. The first-order valence-corrected chi connectivity index (χ1v) is 10.7. The molecule has 3 heteroatoms. The van der Waals surface area contributed by atoms with E-state index in [1.165, 1.54) is 21.9 Å². The van der Waals surface area contributed by atoms with Gasteiger partial charge in [-0.3, -0.25) is 0 Å². The van der Waals surface area contributed by atoms with Crippen LogP contribution in [-0.4, -0.2) is 6.69 Å². The maximum absolute atomic E-state index is 6.91. The molecule has 98 valence electrons. The maximum Gasteiger partial charge on any atom is 0.311 e. The molecule has 4 rings (SSSR count). The fraction of sp³-hybridized carbons (Fsp3) is 0.0588. The van der Waals surface area contributed by atoms with Crippen LogP contribution in [0.4, 0.5) is 0 Å². The number of fused-ring (bicyclic) bond motifs is 1. The molecule has 20 heavy (non-hydrogen) atoms. The van der Waals surface area contributed by atoms with Crippen molar-refractivity contribution in [1.82, 2.24) is 0 Å². The highest BCUT2D eigenvalue weighted by molar-refractivity contribution is 7.56. The van der Waals surface area contributed by atoms with Crippen LogP contribution >= 0.6 is 22.2 Å².